The number of Topliss-reactive ketones (excluding diaryl/α,β-unsaturated/α-hetero) is 2. The van der Waals surface area contributed by atoms with Gasteiger partial charge in [0, 0.05) is 19.3 Å². The normalized spacial score (nSPS) is 12.4. The van der Waals surface area contributed by atoms with Crippen LogP contribution in [0.15, 0.2) is 30.3 Å². The highest BCUT2D eigenvalue weighted by Crippen LogP contribution is 2.25. The summed E-state index contributed by atoms with van der Waals surface area (Å²) < 4.78 is 0. The van der Waals surface area contributed by atoms with Gasteiger partial charge in [0.2, 0.25) is 0 Å². The third-order valence-corrected chi connectivity index (χ3v) is 2.91. The lowest BCUT2D eigenvalue weighted by molar-refractivity contribution is -0.120. The largest absolute Gasteiger partial charge is 0.300 e. The molecule has 0 fully saturated rings. The fraction of sp³-hybridized carbons (Fsp3) is 0.500. The molecule has 0 amide bonds. The number of rotatable bonds is 7. The first-order valence-electron chi connectivity index (χ1n) is 6.55. The Labute approximate surface area is 109 Å². The molecule has 0 bridgehead atoms. The van der Waals surface area contributed by atoms with Crippen LogP contribution < -0.4 is 0 Å². The highest BCUT2D eigenvalue weighted by Gasteiger charge is 2.18. The van der Waals surface area contributed by atoms with Crippen molar-refractivity contribution < 1.29 is 9.59 Å². The van der Waals surface area contributed by atoms with E-state index in [2.05, 4.69) is 0 Å². The minimum Gasteiger partial charge on any atom is -0.300 e. The summed E-state index contributed by atoms with van der Waals surface area (Å²) in [5, 5.41) is 0. The molecule has 0 N–H and O–H groups in total. The lowest BCUT2D eigenvalue weighted by atomic mass is 9.87. The van der Waals surface area contributed by atoms with Crippen molar-refractivity contribution in [1.82, 2.24) is 0 Å². The van der Waals surface area contributed by atoms with Gasteiger partial charge >= 0.3 is 0 Å². The lowest BCUT2D eigenvalue weighted by Crippen LogP contribution is -2.12. The van der Waals surface area contributed by atoms with E-state index in [9.17, 15) is 9.59 Å². The van der Waals surface area contributed by atoms with Crippen LogP contribution in [0.2, 0.25) is 0 Å². The van der Waals surface area contributed by atoms with Crippen LogP contribution in [0.3, 0.4) is 0 Å². The van der Waals surface area contributed by atoms with Gasteiger partial charge in [-0.25, -0.2) is 0 Å². The van der Waals surface area contributed by atoms with Crippen molar-refractivity contribution in [3.05, 3.63) is 35.9 Å². The second-order valence-electron chi connectivity index (χ2n) is 5.35. The van der Waals surface area contributed by atoms with Crippen molar-refractivity contribution in [3.63, 3.8) is 0 Å². The molecular formula is C16H22O2. The molecule has 0 spiro atoms. The molecule has 2 heteroatoms. The standard InChI is InChI=1S/C16H22O2/c1-12(2)9-16(18)11-15(10-13(3)17)14-7-5-4-6-8-14/h4-8,12,15H,9-11H2,1-3H3. The Morgan fingerprint density at radius 1 is 1.00 bits per heavy atom. The summed E-state index contributed by atoms with van der Waals surface area (Å²) in [4.78, 5) is 23.2. The predicted molar refractivity (Wildman–Crippen MR) is 73.6 cm³/mol. The van der Waals surface area contributed by atoms with Crippen LogP contribution >= 0.6 is 0 Å². The monoisotopic (exact) mass is 246 g/mol. The maximum absolute atomic E-state index is 11.9. The summed E-state index contributed by atoms with van der Waals surface area (Å²) in [5.41, 5.74) is 1.09. The van der Waals surface area contributed by atoms with Gasteiger partial charge < -0.3 is 4.79 Å². The molecule has 0 saturated carbocycles. The van der Waals surface area contributed by atoms with Crippen LogP contribution in [0.1, 0.15) is 51.5 Å². The molecular weight excluding hydrogens is 224 g/mol. The summed E-state index contributed by atoms with van der Waals surface area (Å²) >= 11 is 0. The Morgan fingerprint density at radius 3 is 2.11 bits per heavy atom. The number of ketones is 2. The SMILES string of the molecule is CC(=O)CC(CC(=O)CC(C)C)c1ccccc1. The Morgan fingerprint density at radius 2 is 1.61 bits per heavy atom. The van der Waals surface area contributed by atoms with Crippen LogP contribution in [0.5, 0.6) is 0 Å². The van der Waals surface area contributed by atoms with Gasteiger partial charge in [0.05, 0.1) is 0 Å². The summed E-state index contributed by atoms with van der Waals surface area (Å²) in [6.07, 6.45) is 1.52. The fourth-order valence-electron chi connectivity index (χ4n) is 2.19. The molecule has 1 rings (SSSR count). The van der Waals surface area contributed by atoms with Gasteiger partial charge in [-0.15, -0.1) is 0 Å². The van der Waals surface area contributed by atoms with Crippen LogP contribution in [-0.2, 0) is 9.59 Å². The predicted octanol–water partition coefficient (Wildman–Crippen LogP) is 3.75. The highest BCUT2D eigenvalue weighted by atomic mass is 16.1. The second-order valence-corrected chi connectivity index (χ2v) is 5.35. The summed E-state index contributed by atoms with van der Waals surface area (Å²) in [6.45, 7) is 5.67. The van der Waals surface area contributed by atoms with E-state index in [1.54, 1.807) is 6.92 Å². The molecule has 0 radical (unpaired) electrons. The van der Waals surface area contributed by atoms with Crippen molar-refractivity contribution in [1.29, 1.82) is 0 Å². The lowest BCUT2D eigenvalue weighted by Gasteiger charge is -2.16. The van der Waals surface area contributed by atoms with Crippen LogP contribution in [0.25, 0.3) is 0 Å². The van der Waals surface area contributed by atoms with Crippen molar-refractivity contribution in [2.75, 3.05) is 0 Å². The second kappa shape index (κ2) is 7.10. The van der Waals surface area contributed by atoms with E-state index in [1.807, 2.05) is 44.2 Å². The maximum atomic E-state index is 11.9. The van der Waals surface area contributed by atoms with E-state index in [-0.39, 0.29) is 17.5 Å². The first kappa shape index (κ1) is 14.6. The molecule has 0 aromatic heterocycles. The third kappa shape index (κ3) is 5.26. The van der Waals surface area contributed by atoms with Gasteiger partial charge in [-0.3, -0.25) is 4.79 Å². The Kier molecular flexibility index (Phi) is 5.76. The number of carbonyl (C=O) groups is 2. The molecule has 1 aromatic carbocycles. The first-order chi connectivity index (χ1) is 8.49. The average molecular weight is 246 g/mol. The smallest absolute Gasteiger partial charge is 0.133 e. The first-order valence-corrected chi connectivity index (χ1v) is 6.55. The van der Waals surface area contributed by atoms with Crippen LogP contribution in [0, 0.1) is 5.92 Å². The number of hydrogen-bond donors (Lipinski definition) is 0. The number of hydrogen-bond acceptors (Lipinski definition) is 2. The molecule has 0 aliphatic rings. The van der Waals surface area contributed by atoms with Gasteiger partial charge in [-0.05, 0) is 24.3 Å². The van der Waals surface area contributed by atoms with Crippen LogP contribution in [0.4, 0.5) is 0 Å². The minimum atomic E-state index is 0.0370. The van der Waals surface area contributed by atoms with Gasteiger partial charge in [0.1, 0.15) is 11.6 Å². The van der Waals surface area contributed by atoms with E-state index in [0.717, 1.165) is 5.56 Å². The molecule has 0 aliphatic heterocycles. The molecule has 2 nitrogen and oxygen atoms in total. The van der Waals surface area contributed by atoms with E-state index in [1.165, 1.54) is 0 Å². The molecule has 1 atom stereocenters. The van der Waals surface area contributed by atoms with Crippen molar-refractivity contribution in [2.24, 2.45) is 5.92 Å². The van der Waals surface area contributed by atoms with E-state index in [4.69, 9.17) is 0 Å². The molecule has 1 unspecified atom stereocenters. The maximum Gasteiger partial charge on any atom is 0.133 e. The molecule has 1 aromatic rings. The molecule has 0 heterocycles. The van der Waals surface area contributed by atoms with Gasteiger partial charge in [0.15, 0.2) is 0 Å². The highest BCUT2D eigenvalue weighted by molar-refractivity contribution is 5.82. The summed E-state index contributed by atoms with van der Waals surface area (Å²) in [7, 11) is 0. The number of benzene rings is 1. The Bertz CT molecular complexity index is 393. The minimum absolute atomic E-state index is 0.0370. The van der Waals surface area contributed by atoms with Gasteiger partial charge in [-0.1, -0.05) is 44.2 Å². The van der Waals surface area contributed by atoms with E-state index < -0.39 is 0 Å². The van der Waals surface area contributed by atoms with Crippen molar-refractivity contribution >= 4 is 11.6 Å². The zero-order valence-electron chi connectivity index (χ0n) is 11.5. The summed E-state index contributed by atoms with van der Waals surface area (Å²) in [6, 6.07) is 9.85. The Hall–Kier alpha value is -1.44. The zero-order chi connectivity index (χ0) is 13.5. The Balaban J connectivity index is 2.73. The van der Waals surface area contributed by atoms with Crippen molar-refractivity contribution in [2.45, 2.75) is 46.0 Å². The average Bonchev–Trinajstić information content (AvgIpc) is 2.27. The van der Waals surface area contributed by atoms with Crippen molar-refractivity contribution in [3.8, 4) is 0 Å². The number of carbonyl (C=O) groups excluding carboxylic acids is 2. The quantitative estimate of drug-likeness (QED) is 0.734. The zero-order valence-corrected chi connectivity index (χ0v) is 11.5. The van der Waals surface area contributed by atoms with E-state index in [0.29, 0.717) is 25.2 Å². The molecule has 18 heavy (non-hydrogen) atoms. The molecule has 0 saturated heterocycles. The fourth-order valence-corrected chi connectivity index (χ4v) is 2.19. The van der Waals surface area contributed by atoms with Gasteiger partial charge in [-0.2, -0.15) is 0 Å². The third-order valence-electron chi connectivity index (χ3n) is 2.91. The van der Waals surface area contributed by atoms with Crippen LogP contribution in [-0.4, -0.2) is 11.6 Å². The topological polar surface area (TPSA) is 34.1 Å². The summed E-state index contributed by atoms with van der Waals surface area (Å²) in [5.74, 6) is 0.808. The molecule has 98 valence electrons. The van der Waals surface area contributed by atoms with E-state index >= 15 is 0 Å². The van der Waals surface area contributed by atoms with Gasteiger partial charge in [0.25, 0.3) is 0 Å². The molecule has 0 aliphatic carbocycles.